The van der Waals surface area contributed by atoms with E-state index in [0.717, 1.165) is 5.56 Å². The molecule has 8 heteroatoms. The van der Waals surface area contributed by atoms with E-state index in [1.54, 1.807) is 19.1 Å². The van der Waals surface area contributed by atoms with Crippen LogP contribution in [0.5, 0.6) is 5.75 Å². The van der Waals surface area contributed by atoms with Crippen LogP contribution in [0.4, 0.5) is 0 Å². The van der Waals surface area contributed by atoms with Gasteiger partial charge in [-0.1, -0.05) is 6.92 Å². The van der Waals surface area contributed by atoms with Crippen molar-refractivity contribution in [2.24, 2.45) is 0 Å². The fraction of sp³-hybridized carbons (Fsp3) is 0.455. The van der Waals surface area contributed by atoms with Gasteiger partial charge in [-0.3, -0.25) is 0 Å². The van der Waals surface area contributed by atoms with Gasteiger partial charge in [-0.15, -0.1) is 0 Å². The number of sulfonamides is 1. The van der Waals surface area contributed by atoms with Crippen LogP contribution >= 0.6 is 31.9 Å². The molecule has 0 bridgehead atoms. The van der Waals surface area contributed by atoms with Gasteiger partial charge in [0.05, 0.1) is 14.7 Å². The Hall–Kier alpha value is -0.150. The maximum absolute atomic E-state index is 11.4. The van der Waals surface area contributed by atoms with E-state index in [0.29, 0.717) is 28.6 Å². The molecule has 0 unspecified atom stereocenters. The van der Waals surface area contributed by atoms with Gasteiger partial charge in [0.15, 0.2) is 0 Å². The summed E-state index contributed by atoms with van der Waals surface area (Å²) in [6.07, 6.45) is 0. The van der Waals surface area contributed by atoms with E-state index in [1.807, 2.05) is 0 Å². The minimum Gasteiger partial charge on any atom is -0.506 e. The molecule has 0 amide bonds. The Morgan fingerprint density at radius 3 is 2.37 bits per heavy atom. The number of hydrogen-bond donors (Lipinski definition) is 3. The molecular weight excluding hydrogens is 400 g/mol. The molecule has 1 aromatic rings. The molecule has 0 fully saturated rings. The van der Waals surface area contributed by atoms with Crippen LogP contribution in [0.3, 0.4) is 0 Å². The van der Waals surface area contributed by atoms with Crippen LogP contribution < -0.4 is 10.0 Å². The Morgan fingerprint density at radius 1 is 1.26 bits per heavy atom. The van der Waals surface area contributed by atoms with Gasteiger partial charge >= 0.3 is 0 Å². The first kappa shape index (κ1) is 16.9. The Morgan fingerprint density at radius 2 is 1.84 bits per heavy atom. The number of phenolic OH excluding ortho intramolecular Hbond substituents is 1. The second kappa shape index (κ2) is 7.58. The third-order valence-electron chi connectivity index (χ3n) is 2.32. The van der Waals surface area contributed by atoms with E-state index in [1.165, 1.54) is 0 Å². The smallest absolute Gasteiger partial charge is 0.212 e. The molecule has 0 saturated carbocycles. The third-order valence-corrected chi connectivity index (χ3v) is 5.00. The van der Waals surface area contributed by atoms with E-state index in [-0.39, 0.29) is 11.5 Å². The lowest BCUT2D eigenvalue weighted by molar-refractivity contribution is 0.468. The van der Waals surface area contributed by atoms with Crippen LogP contribution in [-0.4, -0.2) is 32.4 Å². The summed E-state index contributed by atoms with van der Waals surface area (Å²) in [5, 5.41) is 12.6. The van der Waals surface area contributed by atoms with Gasteiger partial charge in [-0.2, -0.15) is 0 Å². The van der Waals surface area contributed by atoms with Crippen molar-refractivity contribution in [2.45, 2.75) is 13.5 Å². The highest BCUT2D eigenvalue weighted by atomic mass is 79.9. The zero-order valence-electron chi connectivity index (χ0n) is 10.4. The molecule has 0 atom stereocenters. The topological polar surface area (TPSA) is 78.4 Å². The van der Waals surface area contributed by atoms with E-state index in [2.05, 4.69) is 41.9 Å². The minimum atomic E-state index is -3.18. The van der Waals surface area contributed by atoms with Crippen molar-refractivity contribution in [3.63, 3.8) is 0 Å². The average molecular weight is 416 g/mol. The Bertz CT molecular complexity index is 512. The van der Waals surface area contributed by atoms with Crippen molar-refractivity contribution in [3.05, 3.63) is 26.6 Å². The highest BCUT2D eigenvalue weighted by Gasteiger charge is 2.08. The Labute approximate surface area is 130 Å². The van der Waals surface area contributed by atoms with Crippen molar-refractivity contribution in [2.75, 3.05) is 18.8 Å². The van der Waals surface area contributed by atoms with Gasteiger partial charge in [0.1, 0.15) is 5.75 Å². The molecule has 0 radical (unpaired) electrons. The molecule has 1 aromatic carbocycles. The van der Waals surface area contributed by atoms with Crippen LogP contribution in [0.25, 0.3) is 0 Å². The molecule has 108 valence electrons. The number of benzene rings is 1. The third kappa shape index (κ3) is 5.78. The lowest BCUT2D eigenvalue weighted by atomic mass is 10.2. The molecule has 0 aliphatic heterocycles. The van der Waals surface area contributed by atoms with Gasteiger partial charge in [0, 0.05) is 19.6 Å². The molecule has 1 rings (SSSR count). The summed E-state index contributed by atoms with van der Waals surface area (Å²) in [4.78, 5) is 0. The lowest BCUT2D eigenvalue weighted by Gasteiger charge is -2.08. The molecule has 0 saturated heterocycles. The Kier molecular flexibility index (Phi) is 6.75. The molecule has 19 heavy (non-hydrogen) atoms. The monoisotopic (exact) mass is 414 g/mol. The molecule has 0 heterocycles. The van der Waals surface area contributed by atoms with Gasteiger partial charge in [0.2, 0.25) is 10.0 Å². The molecule has 0 spiro atoms. The highest BCUT2D eigenvalue weighted by molar-refractivity contribution is 9.11. The van der Waals surface area contributed by atoms with Crippen molar-refractivity contribution in [1.82, 2.24) is 10.0 Å². The zero-order chi connectivity index (χ0) is 14.5. The van der Waals surface area contributed by atoms with Crippen LogP contribution in [0.1, 0.15) is 12.5 Å². The summed E-state index contributed by atoms with van der Waals surface area (Å²) in [6, 6.07) is 3.57. The molecule has 0 aliphatic carbocycles. The van der Waals surface area contributed by atoms with Crippen LogP contribution in [-0.2, 0) is 16.6 Å². The standard InChI is InChI=1S/C11H16Br2N2O3S/c1-2-15-19(17,18)4-3-14-7-8-5-9(12)11(16)10(13)6-8/h5-6,14-16H,2-4,7H2,1H3. The second-order valence-electron chi connectivity index (χ2n) is 3.90. The minimum absolute atomic E-state index is 0.0429. The van der Waals surface area contributed by atoms with E-state index < -0.39 is 10.0 Å². The van der Waals surface area contributed by atoms with Gasteiger partial charge in [-0.05, 0) is 49.6 Å². The summed E-state index contributed by atoms with van der Waals surface area (Å²) in [6.45, 7) is 3.04. The number of phenols is 1. The SMILES string of the molecule is CCNS(=O)(=O)CCNCc1cc(Br)c(O)c(Br)c1. The van der Waals surface area contributed by atoms with Crippen molar-refractivity contribution in [1.29, 1.82) is 0 Å². The highest BCUT2D eigenvalue weighted by Crippen LogP contribution is 2.33. The average Bonchev–Trinajstić information content (AvgIpc) is 2.31. The number of aromatic hydroxyl groups is 1. The number of halogens is 2. The fourth-order valence-electron chi connectivity index (χ4n) is 1.45. The first-order valence-corrected chi connectivity index (χ1v) is 8.94. The van der Waals surface area contributed by atoms with E-state index in [4.69, 9.17) is 0 Å². The predicted octanol–water partition coefficient (Wildman–Crippen LogP) is 1.95. The van der Waals surface area contributed by atoms with Crippen LogP contribution in [0.2, 0.25) is 0 Å². The summed E-state index contributed by atoms with van der Waals surface area (Å²) >= 11 is 6.49. The summed E-state index contributed by atoms with van der Waals surface area (Å²) < 4.78 is 26.4. The number of rotatable bonds is 7. The van der Waals surface area contributed by atoms with E-state index in [9.17, 15) is 13.5 Å². The summed E-state index contributed by atoms with van der Waals surface area (Å²) in [5.74, 6) is 0.194. The van der Waals surface area contributed by atoms with Crippen molar-refractivity contribution in [3.8, 4) is 5.75 Å². The second-order valence-corrected chi connectivity index (χ2v) is 7.54. The zero-order valence-corrected chi connectivity index (χ0v) is 14.4. The Balaban J connectivity index is 2.46. The first-order valence-electron chi connectivity index (χ1n) is 5.70. The van der Waals surface area contributed by atoms with Crippen LogP contribution in [0, 0.1) is 0 Å². The lowest BCUT2D eigenvalue weighted by Crippen LogP contribution is -2.31. The number of nitrogens with one attached hydrogen (secondary N) is 2. The summed E-state index contributed by atoms with van der Waals surface area (Å²) in [5.41, 5.74) is 0.942. The van der Waals surface area contributed by atoms with Crippen LogP contribution in [0.15, 0.2) is 21.1 Å². The quantitative estimate of drug-likeness (QED) is 0.594. The first-order chi connectivity index (χ1) is 8.85. The molecular formula is C11H16Br2N2O3S. The van der Waals surface area contributed by atoms with Crippen molar-refractivity contribution < 1.29 is 13.5 Å². The predicted molar refractivity (Wildman–Crippen MR) is 82.7 cm³/mol. The van der Waals surface area contributed by atoms with Gasteiger partial charge in [0.25, 0.3) is 0 Å². The fourth-order valence-corrected chi connectivity index (χ4v) is 3.73. The normalized spacial score (nSPS) is 11.7. The summed E-state index contributed by atoms with van der Waals surface area (Å²) in [7, 11) is -3.18. The molecule has 0 aromatic heterocycles. The maximum Gasteiger partial charge on any atom is 0.212 e. The molecule has 5 nitrogen and oxygen atoms in total. The largest absolute Gasteiger partial charge is 0.506 e. The maximum atomic E-state index is 11.4. The molecule has 3 N–H and O–H groups in total. The number of hydrogen-bond acceptors (Lipinski definition) is 4. The van der Waals surface area contributed by atoms with Gasteiger partial charge < -0.3 is 10.4 Å². The molecule has 0 aliphatic rings. The van der Waals surface area contributed by atoms with E-state index >= 15 is 0 Å². The van der Waals surface area contributed by atoms with Crippen molar-refractivity contribution >= 4 is 41.9 Å². The van der Waals surface area contributed by atoms with Gasteiger partial charge in [-0.25, -0.2) is 13.1 Å².